The third-order valence-electron chi connectivity index (χ3n) is 4.94. The van der Waals surface area contributed by atoms with E-state index < -0.39 is 6.16 Å². The van der Waals surface area contributed by atoms with Crippen LogP contribution in [0.15, 0.2) is 42.5 Å². The fraction of sp³-hybridized carbons (Fsp3) is 0.381. The second-order valence-corrected chi connectivity index (χ2v) is 6.47. The summed E-state index contributed by atoms with van der Waals surface area (Å²) in [6.07, 6.45) is 6.00. The van der Waals surface area contributed by atoms with Gasteiger partial charge >= 0.3 is 6.16 Å². The Labute approximate surface area is 143 Å². The zero-order valence-electron chi connectivity index (χ0n) is 14.1. The van der Waals surface area contributed by atoms with Crippen LogP contribution in [-0.2, 0) is 6.42 Å². The van der Waals surface area contributed by atoms with Gasteiger partial charge in [0.25, 0.3) is 0 Å². The first-order chi connectivity index (χ1) is 11.7. The van der Waals surface area contributed by atoms with Gasteiger partial charge < -0.3 is 9.84 Å². The van der Waals surface area contributed by atoms with Crippen LogP contribution in [0.1, 0.15) is 56.1 Å². The van der Waals surface area contributed by atoms with Gasteiger partial charge in [-0.1, -0.05) is 62.6 Å². The van der Waals surface area contributed by atoms with Crippen molar-refractivity contribution in [3.05, 3.63) is 53.6 Å². The summed E-state index contributed by atoms with van der Waals surface area (Å²) in [7, 11) is 0. The predicted octanol–water partition coefficient (Wildman–Crippen LogP) is 6.02. The normalized spacial score (nSPS) is 15.2. The number of carbonyl (C=O) groups is 1. The summed E-state index contributed by atoms with van der Waals surface area (Å²) in [5.74, 6) is 1.04. The Kier molecular flexibility index (Phi) is 5.19. The Bertz CT molecular complexity index is 715. The summed E-state index contributed by atoms with van der Waals surface area (Å²) in [6.45, 7) is 2.08. The lowest BCUT2D eigenvalue weighted by molar-refractivity contribution is 0.144. The molecule has 0 spiro atoms. The summed E-state index contributed by atoms with van der Waals surface area (Å²) < 4.78 is 5.04. The van der Waals surface area contributed by atoms with Crippen molar-refractivity contribution >= 4 is 6.16 Å². The van der Waals surface area contributed by atoms with E-state index in [-0.39, 0.29) is 0 Å². The van der Waals surface area contributed by atoms with Gasteiger partial charge in [-0.3, -0.25) is 0 Å². The highest BCUT2D eigenvalue weighted by molar-refractivity contribution is 5.77. The second-order valence-electron chi connectivity index (χ2n) is 6.47. The highest BCUT2D eigenvalue weighted by Crippen LogP contribution is 2.38. The van der Waals surface area contributed by atoms with Crippen molar-refractivity contribution in [3.8, 4) is 16.9 Å². The average Bonchev–Trinajstić information content (AvgIpc) is 2.62. The molecule has 0 unspecified atom stereocenters. The molecule has 0 aliphatic heterocycles. The van der Waals surface area contributed by atoms with Crippen molar-refractivity contribution in [1.29, 1.82) is 0 Å². The largest absolute Gasteiger partial charge is 0.511 e. The third kappa shape index (κ3) is 3.61. The molecule has 0 saturated heterocycles. The highest BCUT2D eigenvalue weighted by Gasteiger charge is 2.18. The van der Waals surface area contributed by atoms with E-state index in [0.29, 0.717) is 11.7 Å². The van der Waals surface area contributed by atoms with E-state index in [1.807, 2.05) is 12.1 Å². The van der Waals surface area contributed by atoms with E-state index in [4.69, 9.17) is 9.84 Å². The molecule has 0 aromatic heterocycles. The fourth-order valence-electron chi connectivity index (χ4n) is 3.76. The Morgan fingerprint density at radius 2 is 1.88 bits per heavy atom. The maximum Gasteiger partial charge on any atom is 0.511 e. The minimum atomic E-state index is -1.27. The quantitative estimate of drug-likeness (QED) is 0.552. The van der Waals surface area contributed by atoms with Crippen LogP contribution in [0.25, 0.3) is 11.1 Å². The van der Waals surface area contributed by atoms with Crippen LogP contribution >= 0.6 is 0 Å². The van der Waals surface area contributed by atoms with E-state index in [9.17, 15) is 4.79 Å². The third-order valence-corrected chi connectivity index (χ3v) is 4.94. The molecule has 1 N–H and O–H groups in total. The molecule has 0 amide bonds. The minimum absolute atomic E-state index is 0.419. The minimum Gasteiger partial charge on any atom is -0.449 e. The molecule has 3 rings (SSSR count). The Hall–Kier alpha value is -2.29. The van der Waals surface area contributed by atoms with Gasteiger partial charge in [0.1, 0.15) is 5.75 Å². The van der Waals surface area contributed by atoms with Crippen LogP contribution in [0.5, 0.6) is 5.75 Å². The standard InChI is InChI=1S/C21H24O3/c1-2-15-10-7-13-19(24-21(22)23)20(15)18-12-6-11-17(14-18)16-8-4-3-5-9-16/h6-7,10-14,16H,2-5,8-9H2,1H3,(H,22,23). The zero-order chi connectivity index (χ0) is 16.9. The molecule has 1 aliphatic rings. The molecule has 3 nitrogen and oxygen atoms in total. The van der Waals surface area contributed by atoms with Gasteiger partial charge in [0, 0.05) is 5.56 Å². The molecule has 2 aromatic rings. The molecule has 1 fully saturated rings. The molecule has 2 aromatic carbocycles. The van der Waals surface area contributed by atoms with Gasteiger partial charge in [0.05, 0.1) is 0 Å². The second kappa shape index (κ2) is 7.52. The van der Waals surface area contributed by atoms with Crippen molar-refractivity contribution in [3.63, 3.8) is 0 Å². The van der Waals surface area contributed by atoms with Crippen LogP contribution in [0, 0.1) is 0 Å². The molecule has 0 bridgehead atoms. The Balaban J connectivity index is 2.03. The molecule has 1 aliphatic carbocycles. The SMILES string of the molecule is CCc1cccc(OC(=O)O)c1-c1cccc(C2CCCCC2)c1. The summed E-state index contributed by atoms with van der Waals surface area (Å²) in [6, 6.07) is 14.2. The Morgan fingerprint density at radius 1 is 1.12 bits per heavy atom. The maximum absolute atomic E-state index is 11.0. The lowest BCUT2D eigenvalue weighted by atomic mass is 9.83. The van der Waals surface area contributed by atoms with Crippen molar-refractivity contribution in [1.82, 2.24) is 0 Å². The number of aryl methyl sites for hydroxylation is 1. The maximum atomic E-state index is 11.0. The predicted molar refractivity (Wildman–Crippen MR) is 95.7 cm³/mol. The molecule has 1 saturated carbocycles. The summed E-state index contributed by atoms with van der Waals surface area (Å²) >= 11 is 0. The number of carboxylic acid groups (broad SMARTS) is 1. The van der Waals surface area contributed by atoms with Crippen LogP contribution in [-0.4, -0.2) is 11.3 Å². The van der Waals surface area contributed by atoms with Crippen molar-refractivity contribution in [2.45, 2.75) is 51.4 Å². The highest BCUT2D eigenvalue weighted by atomic mass is 16.7. The lowest BCUT2D eigenvalue weighted by Gasteiger charge is -2.23. The molecular formula is C21H24O3. The van der Waals surface area contributed by atoms with E-state index in [1.54, 1.807) is 6.07 Å². The van der Waals surface area contributed by atoms with Gasteiger partial charge in [-0.25, -0.2) is 4.79 Å². The average molecular weight is 324 g/mol. The first-order valence-electron chi connectivity index (χ1n) is 8.82. The van der Waals surface area contributed by atoms with Gasteiger partial charge in [-0.2, -0.15) is 0 Å². The molecule has 0 heterocycles. The van der Waals surface area contributed by atoms with E-state index >= 15 is 0 Å². The summed E-state index contributed by atoms with van der Waals surface area (Å²) in [5.41, 5.74) is 4.42. The van der Waals surface area contributed by atoms with Crippen molar-refractivity contribution < 1.29 is 14.6 Å². The van der Waals surface area contributed by atoms with Gasteiger partial charge in [0.15, 0.2) is 0 Å². The first kappa shape index (κ1) is 16.6. The molecule has 0 radical (unpaired) electrons. The molecule has 24 heavy (non-hydrogen) atoms. The van der Waals surface area contributed by atoms with Crippen LogP contribution < -0.4 is 4.74 Å². The van der Waals surface area contributed by atoms with Crippen LogP contribution in [0.3, 0.4) is 0 Å². The van der Waals surface area contributed by atoms with Gasteiger partial charge in [-0.15, -0.1) is 0 Å². The molecule has 0 atom stereocenters. The lowest BCUT2D eigenvalue weighted by Crippen LogP contribution is -2.06. The van der Waals surface area contributed by atoms with E-state index in [2.05, 4.69) is 31.2 Å². The number of ether oxygens (including phenoxy) is 1. The van der Waals surface area contributed by atoms with Crippen molar-refractivity contribution in [2.75, 3.05) is 0 Å². The molecular weight excluding hydrogens is 300 g/mol. The van der Waals surface area contributed by atoms with Crippen molar-refractivity contribution in [2.24, 2.45) is 0 Å². The molecule has 126 valence electrons. The topological polar surface area (TPSA) is 46.5 Å². The summed E-state index contributed by atoms with van der Waals surface area (Å²) in [5, 5.41) is 9.04. The number of hydrogen-bond acceptors (Lipinski definition) is 2. The smallest absolute Gasteiger partial charge is 0.449 e. The van der Waals surface area contributed by atoms with Crippen LogP contribution in [0.2, 0.25) is 0 Å². The Morgan fingerprint density at radius 3 is 2.58 bits per heavy atom. The zero-order valence-corrected chi connectivity index (χ0v) is 14.1. The first-order valence-corrected chi connectivity index (χ1v) is 8.82. The van der Waals surface area contributed by atoms with Gasteiger partial charge in [0.2, 0.25) is 0 Å². The van der Waals surface area contributed by atoms with Crippen LogP contribution in [0.4, 0.5) is 4.79 Å². The van der Waals surface area contributed by atoms with E-state index in [0.717, 1.165) is 23.1 Å². The van der Waals surface area contributed by atoms with E-state index in [1.165, 1.54) is 37.7 Å². The fourth-order valence-corrected chi connectivity index (χ4v) is 3.76. The number of benzene rings is 2. The number of hydrogen-bond donors (Lipinski definition) is 1. The summed E-state index contributed by atoms with van der Waals surface area (Å²) in [4.78, 5) is 11.0. The monoisotopic (exact) mass is 324 g/mol. The molecule has 3 heteroatoms. The number of rotatable bonds is 4. The van der Waals surface area contributed by atoms with Gasteiger partial charge in [-0.05, 0) is 47.9 Å².